The van der Waals surface area contributed by atoms with Crippen LogP contribution in [0.4, 0.5) is 0 Å². The normalized spacial score (nSPS) is 14.7. The van der Waals surface area contributed by atoms with Gasteiger partial charge in [0.15, 0.2) is 0 Å². The third-order valence-corrected chi connectivity index (χ3v) is 3.77. The fraction of sp³-hybridized carbons (Fsp3) is 0.600. The zero-order valence-electron chi connectivity index (χ0n) is 12.0. The highest BCUT2D eigenvalue weighted by atomic mass is 35.5. The largest absolute Gasteiger partial charge is 0.380 e. The molecular formula is C15H23Cl2NO. The standard InChI is InChI=1S/C15H23Cl2NO/c1-5-19-9-15(10(2)3)18-11(4)13-8-12(16)6-7-14(13)17/h6-8,10-11,15,18H,5,9H2,1-4H3. The summed E-state index contributed by atoms with van der Waals surface area (Å²) in [5.41, 5.74) is 1.02. The van der Waals surface area contributed by atoms with Crippen LogP contribution in [0.25, 0.3) is 0 Å². The molecule has 0 aliphatic rings. The Morgan fingerprint density at radius 2 is 1.89 bits per heavy atom. The van der Waals surface area contributed by atoms with E-state index in [0.29, 0.717) is 23.6 Å². The summed E-state index contributed by atoms with van der Waals surface area (Å²) in [6, 6.07) is 5.99. The number of hydrogen-bond acceptors (Lipinski definition) is 2. The molecule has 0 bridgehead atoms. The first-order valence-electron chi connectivity index (χ1n) is 6.74. The molecule has 0 aliphatic heterocycles. The van der Waals surface area contributed by atoms with E-state index in [0.717, 1.165) is 17.2 Å². The van der Waals surface area contributed by atoms with Crippen molar-refractivity contribution >= 4 is 23.2 Å². The second-order valence-corrected chi connectivity index (χ2v) is 5.91. The Labute approximate surface area is 126 Å². The van der Waals surface area contributed by atoms with Crippen molar-refractivity contribution in [3.63, 3.8) is 0 Å². The van der Waals surface area contributed by atoms with E-state index < -0.39 is 0 Å². The number of benzene rings is 1. The molecule has 0 fully saturated rings. The minimum atomic E-state index is 0.138. The molecule has 1 rings (SSSR count). The molecular weight excluding hydrogens is 281 g/mol. The Bertz CT molecular complexity index is 396. The summed E-state index contributed by atoms with van der Waals surface area (Å²) in [4.78, 5) is 0. The van der Waals surface area contributed by atoms with E-state index in [1.54, 1.807) is 6.07 Å². The lowest BCUT2D eigenvalue weighted by molar-refractivity contribution is 0.104. The van der Waals surface area contributed by atoms with Gasteiger partial charge in [0.2, 0.25) is 0 Å². The number of halogens is 2. The van der Waals surface area contributed by atoms with Gasteiger partial charge in [0.05, 0.1) is 6.61 Å². The molecule has 1 aromatic rings. The first kappa shape index (κ1) is 16.8. The Hall–Kier alpha value is -0.280. The van der Waals surface area contributed by atoms with Crippen LogP contribution >= 0.6 is 23.2 Å². The predicted molar refractivity (Wildman–Crippen MR) is 83.1 cm³/mol. The number of ether oxygens (including phenoxy) is 1. The van der Waals surface area contributed by atoms with Crippen molar-refractivity contribution in [2.45, 2.75) is 39.8 Å². The predicted octanol–water partition coefficient (Wildman–Crippen LogP) is 4.71. The third kappa shape index (κ3) is 5.31. The van der Waals surface area contributed by atoms with Crippen LogP contribution in [0.1, 0.15) is 39.3 Å². The van der Waals surface area contributed by atoms with Gasteiger partial charge in [0, 0.05) is 28.7 Å². The van der Waals surface area contributed by atoms with Gasteiger partial charge in [-0.05, 0) is 43.5 Å². The van der Waals surface area contributed by atoms with Crippen molar-refractivity contribution in [1.82, 2.24) is 5.32 Å². The molecule has 2 unspecified atom stereocenters. The SMILES string of the molecule is CCOCC(NC(C)c1cc(Cl)ccc1Cl)C(C)C. The van der Waals surface area contributed by atoms with Crippen LogP contribution in [0, 0.1) is 5.92 Å². The Morgan fingerprint density at radius 1 is 1.21 bits per heavy atom. The van der Waals surface area contributed by atoms with E-state index in [-0.39, 0.29) is 6.04 Å². The average Bonchev–Trinajstić information content (AvgIpc) is 2.36. The molecule has 1 N–H and O–H groups in total. The molecule has 2 nitrogen and oxygen atoms in total. The van der Waals surface area contributed by atoms with Crippen LogP contribution < -0.4 is 5.32 Å². The van der Waals surface area contributed by atoms with Crippen LogP contribution in [0.2, 0.25) is 10.0 Å². The summed E-state index contributed by atoms with van der Waals surface area (Å²) in [5.74, 6) is 0.493. The second-order valence-electron chi connectivity index (χ2n) is 5.06. The highest BCUT2D eigenvalue weighted by Gasteiger charge is 2.18. The summed E-state index contributed by atoms with van der Waals surface area (Å²) < 4.78 is 5.53. The maximum Gasteiger partial charge on any atom is 0.0622 e. The van der Waals surface area contributed by atoms with Crippen LogP contribution in [-0.2, 0) is 4.74 Å². The first-order valence-corrected chi connectivity index (χ1v) is 7.50. The second kappa shape index (κ2) is 8.11. The Balaban J connectivity index is 2.75. The van der Waals surface area contributed by atoms with E-state index in [1.165, 1.54) is 0 Å². The van der Waals surface area contributed by atoms with Gasteiger partial charge in [-0.3, -0.25) is 0 Å². The molecule has 0 heterocycles. The molecule has 0 radical (unpaired) electrons. The van der Waals surface area contributed by atoms with E-state index in [2.05, 4.69) is 26.1 Å². The fourth-order valence-corrected chi connectivity index (χ4v) is 2.40. The monoisotopic (exact) mass is 303 g/mol. The number of nitrogens with one attached hydrogen (secondary N) is 1. The molecule has 4 heteroatoms. The van der Waals surface area contributed by atoms with Gasteiger partial charge in [0.25, 0.3) is 0 Å². The lowest BCUT2D eigenvalue weighted by Gasteiger charge is -2.27. The van der Waals surface area contributed by atoms with Crippen molar-refractivity contribution in [3.8, 4) is 0 Å². The van der Waals surface area contributed by atoms with Crippen molar-refractivity contribution in [2.75, 3.05) is 13.2 Å². The van der Waals surface area contributed by atoms with Gasteiger partial charge >= 0.3 is 0 Å². The molecule has 0 spiro atoms. The summed E-state index contributed by atoms with van der Waals surface area (Å²) >= 11 is 12.3. The van der Waals surface area contributed by atoms with Gasteiger partial charge in [-0.15, -0.1) is 0 Å². The van der Waals surface area contributed by atoms with Crippen molar-refractivity contribution < 1.29 is 4.74 Å². The smallest absolute Gasteiger partial charge is 0.0622 e. The zero-order chi connectivity index (χ0) is 14.4. The summed E-state index contributed by atoms with van der Waals surface area (Å²) in [7, 11) is 0. The molecule has 0 saturated heterocycles. The molecule has 1 aromatic carbocycles. The van der Waals surface area contributed by atoms with Crippen LogP contribution in [0.15, 0.2) is 18.2 Å². The summed E-state index contributed by atoms with van der Waals surface area (Å²) in [6.07, 6.45) is 0. The van der Waals surface area contributed by atoms with Gasteiger partial charge in [0.1, 0.15) is 0 Å². The van der Waals surface area contributed by atoms with Gasteiger partial charge in [-0.1, -0.05) is 37.0 Å². The zero-order valence-corrected chi connectivity index (χ0v) is 13.6. The van der Waals surface area contributed by atoms with E-state index in [9.17, 15) is 0 Å². The van der Waals surface area contributed by atoms with Crippen molar-refractivity contribution in [3.05, 3.63) is 33.8 Å². The Kier molecular flexibility index (Phi) is 7.16. The van der Waals surface area contributed by atoms with E-state index in [4.69, 9.17) is 27.9 Å². The molecule has 0 saturated carbocycles. The molecule has 19 heavy (non-hydrogen) atoms. The molecule has 108 valence electrons. The van der Waals surface area contributed by atoms with Gasteiger partial charge in [-0.25, -0.2) is 0 Å². The topological polar surface area (TPSA) is 21.3 Å². The van der Waals surface area contributed by atoms with Crippen LogP contribution in [0.3, 0.4) is 0 Å². The number of rotatable bonds is 7. The average molecular weight is 304 g/mol. The molecule has 0 amide bonds. The van der Waals surface area contributed by atoms with Crippen molar-refractivity contribution in [1.29, 1.82) is 0 Å². The fourth-order valence-electron chi connectivity index (χ4n) is 1.94. The Morgan fingerprint density at radius 3 is 2.47 bits per heavy atom. The number of hydrogen-bond donors (Lipinski definition) is 1. The molecule has 0 aromatic heterocycles. The maximum atomic E-state index is 6.23. The molecule has 2 atom stereocenters. The van der Waals surface area contributed by atoms with E-state index >= 15 is 0 Å². The minimum Gasteiger partial charge on any atom is -0.380 e. The van der Waals surface area contributed by atoms with Crippen molar-refractivity contribution in [2.24, 2.45) is 5.92 Å². The lowest BCUT2D eigenvalue weighted by atomic mass is 10.0. The van der Waals surface area contributed by atoms with Gasteiger partial charge < -0.3 is 10.1 Å². The summed E-state index contributed by atoms with van der Waals surface area (Å²) in [5, 5.41) is 5.01. The first-order chi connectivity index (χ1) is 8.95. The van der Waals surface area contributed by atoms with Crippen LogP contribution in [0.5, 0.6) is 0 Å². The highest BCUT2D eigenvalue weighted by Crippen LogP contribution is 2.27. The lowest BCUT2D eigenvalue weighted by Crippen LogP contribution is -2.39. The third-order valence-electron chi connectivity index (χ3n) is 3.19. The van der Waals surface area contributed by atoms with Crippen LogP contribution in [-0.4, -0.2) is 19.3 Å². The van der Waals surface area contributed by atoms with E-state index in [1.807, 2.05) is 19.1 Å². The maximum absolute atomic E-state index is 6.23. The minimum absolute atomic E-state index is 0.138. The molecule has 0 aliphatic carbocycles. The highest BCUT2D eigenvalue weighted by molar-refractivity contribution is 6.33. The quantitative estimate of drug-likeness (QED) is 0.788. The summed E-state index contributed by atoms with van der Waals surface area (Å²) in [6.45, 7) is 9.91. The van der Waals surface area contributed by atoms with Gasteiger partial charge in [-0.2, -0.15) is 0 Å².